The molecule has 1 fully saturated rings. The Morgan fingerprint density at radius 2 is 1.66 bits per heavy atom. The van der Waals surface area contributed by atoms with Crippen LogP contribution in [0.2, 0.25) is 0 Å². The highest BCUT2D eigenvalue weighted by Gasteiger charge is 2.65. The summed E-state index contributed by atoms with van der Waals surface area (Å²) in [4.78, 5) is 33.9. The molecule has 3 aliphatic rings. The number of allylic oxidation sites excluding steroid dienone is 1. The zero-order chi connectivity index (χ0) is 47.8. The van der Waals surface area contributed by atoms with E-state index >= 15 is 4.79 Å². The number of non-ortho nitro benzene ring substituents is 1. The van der Waals surface area contributed by atoms with E-state index < -0.39 is 22.7 Å². The molecule has 354 valence electrons. The smallest absolute Gasteiger partial charge is 0.269 e. The number of nitro benzene ring substituents is 1. The van der Waals surface area contributed by atoms with Gasteiger partial charge in [0.05, 0.1) is 23.2 Å². The molecule has 6 unspecified atom stereocenters. The van der Waals surface area contributed by atoms with Gasteiger partial charge in [0.25, 0.3) is 5.69 Å². The van der Waals surface area contributed by atoms with Gasteiger partial charge in [0.1, 0.15) is 30.4 Å². The Hall–Kier alpha value is -6.60. The van der Waals surface area contributed by atoms with Gasteiger partial charge in [-0.3, -0.25) is 14.9 Å². The van der Waals surface area contributed by atoms with Crippen LogP contribution in [0.25, 0.3) is 16.8 Å². The molecule has 1 aliphatic heterocycles. The summed E-state index contributed by atoms with van der Waals surface area (Å²) in [6.45, 7) is 8.66. The van der Waals surface area contributed by atoms with Gasteiger partial charge in [0.15, 0.2) is 0 Å². The number of hydrogen-bond donors (Lipinski definition) is 2. The first-order valence-electron chi connectivity index (χ1n) is 23.7. The van der Waals surface area contributed by atoms with Crippen LogP contribution in [0.5, 0.6) is 17.2 Å². The Balaban J connectivity index is 1.34. The van der Waals surface area contributed by atoms with Crippen molar-refractivity contribution in [2.45, 2.75) is 83.1 Å². The van der Waals surface area contributed by atoms with Crippen molar-refractivity contribution in [3.63, 3.8) is 0 Å². The van der Waals surface area contributed by atoms with E-state index in [0.29, 0.717) is 35.6 Å². The number of hydrogen-bond acceptors (Lipinski definition) is 10. The van der Waals surface area contributed by atoms with E-state index in [1.807, 2.05) is 53.4 Å². The third-order valence-electron chi connectivity index (χ3n) is 14.0. The third-order valence-corrected chi connectivity index (χ3v) is 14.0. The molecule has 2 aliphatic carbocycles. The number of carbonyl (C=O) groups is 1. The number of oxime groups is 1. The van der Waals surface area contributed by atoms with Crippen LogP contribution in [0.15, 0.2) is 139 Å². The van der Waals surface area contributed by atoms with Crippen LogP contribution in [0, 0.1) is 41.7 Å². The Morgan fingerprint density at radius 1 is 0.926 bits per heavy atom. The fourth-order valence-electron chi connectivity index (χ4n) is 10.7. The molecule has 0 radical (unpaired) electrons. The number of ether oxygens (including phenoxy) is 3. The van der Waals surface area contributed by atoms with Crippen molar-refractivity contribution in [1.29, 1.82) is 0 Å². The molecule has 0 saturated heterocycles. The van der Waals surface area contributed by atoms with E-state index in [4.69, 9.17) is 24.2 Å². The van der Waals surface area contributed by atoms with E-state index in [1.54, 1.807) is 24.3 Å². The molecular formula is C56H61N3O9. The molecule has 68 heavy (non-hydrogen) atoms. The van der Waals surface area contributed by atoms with Crippen molar-refractivity contribution >= 4 is 34.2 Å². The monoisotopic (exact) mass is 919 g/mol. The Bertz CT molecular complexity index is 2710. The maximum absolute atomic E-state index is 15.3. The number of aliphatic hydroxyl groups is 2. The van der Waals surface area contributed by atoms with Crippen LogP contribution in [-0.2, 0) is 20.9 Å². The maximum Gasteiger partial charge on any atom is 0.269 e. The van der Waals surface area contributed by atoms with Gasteiger partial charge in [-0.2, -0.15) is 0 Å². The molecule has 1 amide bonds. The van der Waals surface area contributed by atoms with Crippen LogP contribution in [0.1, 0.15) is 78.7 Å². The number of aryl methyl sites for hydroxylation is 2. The summed E-state index contributed by atoms with van der Waals surface area (Å²) in [7, 11) is 1.53. The average Bonchev–Trinajstić information content (AvgIpc) is 3.34. The normalized spacial score (nSPS) is 22.2. The Kier molecular flexibility index (Phi) is 15.2. The minimum absolute atomic E-state index is 0.0204. The van der Waals surface area contributed by atoms with Crippen molar-refractivity contribution in [2.75, 3.05) is 26.9 Å². The minimum atomic E-state index is -1.49. The topological polar surface area (TPSA) is 153 Å². The molecule has 1 heterocycles. The van der Waals surface area contributed by atoms with E-state index in [-0.39, 0.29) is 62.1 Å². The van der Waals surface area contributed by atoms with Gasteiger partial charge in [0, 0.05) is 55.9 Å². The largest absolute Gasteiger partial charge is 0.459 e. The quantitative estimate of drug-likeness (QED) is 0.0255. The molecule has 1 saturated carbocycles. The second-order valence-corrected chi connectivity index (χ2v) is 18.1. The molecule has 5 aromatic carbocycles. The highest BCUT2D eigenvalue weighted by Crippen LogP contribution is 2.62. The van der Waals surface area contributed by atoms with E-state index in [2.05, 4.69) is 56.8 Å². The van der Waals surface area contributed by atoms with Gasteiger partial charge in [0.2, 0.25) is 11.7 Å². The molecule has 8 rings (SSSR count). The summed E-state index contributed by atoms with van der Waals surface area (Å²) in [5.74, 6) is -0.529. The second-order valence-electron chi connectivity index (χ2n) is 18.1. The highest BCUT2D eigenvalue weighted by molar-refractivity contribution is 6.03. The van der Waals surface area contributed by atoms with Gasteiger partial charge in [-0.05, 0) is 139 Å². The zero-order valence-corrected chi connectivity index (χ0v) is 39.1. The SMILES string of the molecule is C=CCOC12Oc3ccc(Oc4ccc(C)c(C)c4)cc3C3C(CCCCO)C(CCCCO)C=C(C(=NOC)CC1N(Cc1cccc4ccccc14)C(=O)C=Cc1ccc([N+](=O)[O-])cc1)C32. The zero-order valence-electron chi connectivity index (χ0n) is 39.1. The second kappa shape index (κ2) is 21.6. The first-order chi connectivity index (χ1) is 33.1. The molecule has 6 atom stereocenters. The molecule has 0 bridgehead atoms. The van der Waals surface area contributed by atoms with Gasteiger partial charge in [-0.1, -0.05) is 78.7 Å². The molecule has 0 spiro atoms. The third kappa shape index (κ3) is 9.99. The van der Waals surface area contributed by atoms with Gasteiger partial charge in [-0.25, -0.2) is 0 Å². The lowest BCUT2D eigenvalue weighted by atomic mass is 9.55. The number of nitro groups is 1. The van der Waals surface area contributed by atoms with Crippen LogP contribution >= 0.6 is 0 Å². The number of unbranched alkanes of at least 4 members (excludes halogenated alkanes) is 2. The molecule has 5 aromatic rings. The summed E-state index contributed by atoms with van der Waals surface area (Å²) in [5, 5.41) is 38.3. The number of benzene rings is 5. The van der Waals surface area contributed by atoms with Crippen molar-refractivity contribution in [3.05, 3.63) is 171 Å². The van der Waals surface area contributed by atoms with Crippen LogP contribution in [0.4, 0.5) is 5.69 Å². The van der Waals surface area contributed by atoms with Crippen LogP contribution in [-0.4, -0.2) is 70.4 Å². The van der Waals surface area contributed by atoms with E-state index in [9.17, 15) is 20.3 Å². The molecular weight excluding hydrogens is 859 g/mol. The summed E-state index contributed by atoms with van der Waals surface area (Å²) in [5.41, 5.74) is 6.33. The summed E-state index contributed by atoms with van der Waals surface area (Å²) >= 11 is 0. The minimum Gasteiger partial charge on any atom is -0.459 e. The number of aliphatic hydroxyl groups excluding tert-OH is 2. The number of fused-ring (bicyclic) bond motifs is 3. The number of carbonyl (C=O) groups excluding carboxylic acids is 1. The van der Waals surface area contributed by atoms with Gasteiger partial charge in [-0.15, -0.1) is 6.58 Å². The lowest BCUT2D eigenvalue weighted by Gasteiger charge is -2.60. The van der Waals surface area contributed by atoms with Gasteiger partial charge >= 0.3 is 0 Å². The Morgan fingerprint density at radius 3 is 2.40 bits per heavy atom. The number of nitrogens with zero attached hydrogens (tertiary/aromatic N) is 3. The number of rotatable bonds is 20. The average molecular weight is 920 g/mol. The fraction of sp³-hybridized carbons (Fsp3) is 0.357. The fourth-order valence-corrected chi connectivity index (χ4v) is 10.7. The molecule has 2 N–H and O–H groups in total. The lowest BCUT2D eigenvalue weighted by molar-refractivity contribution is -0.384. The van der Waals surface area contributed by atoms with E-state index in [1.165, 1.54) is 30.9 Å². The lowest BCUT2D eigenvalue weighted by Crippen LogP contribution is -2.70. The summed E-state index contributed by atoms with van der Waals surface area (Å²) < 4.78 is 21.3. The summed E-state index contributed by atoms with van der Waals surface area (Å²) in [6, 6.07) is 31.4. The van der Waals surface area contributed by atoms with Crippen molar-refractivity contribution in [3.8, 4) is 17.2 Å². The molecule has 0 aromatic heterocycles. The highest BCUT2D eigenvalue weighted by atomic mass is 16.7. The van der Waals surface area contributed by atoms with Crippen molar-refractivity contribution in [1.82, 2.24) is 4.90 Å². The summed E-state index contributed by atoms with van der Waals surface area (Å²) in [6.07, 6.45) is 11.9. The predicted octanol–water partition coefficient (Wildman–Crippen LogP) is 11.2. The molecule has 12 nitrogen and oxygen atoms in total. The number of amides is 1. The van der Waals surface area contributed by atoms with Crippen LogP contribution in [0.3, 0.4) is 0 Å². The van der Waals surface area contributed by atoms with Crippen LogP contribution < -0.4 is 9.47 Å². The van der Waals surface area contributed by atoms with E-state index in [0.717, 1.165) is 64.5 Å². The standard InChI is InChI=1S/C56H61N3O9/c1-5-31-66-56-52(58(36-42-16-12-15-40-13-6-7-17-46(40)42)53(62)28-22-39-20-23-43(24-21-39)59(63)64)35-50(57-65-4)48-33-41(14-8-10-29-60)47(18-9-11-30-61)54(55(48)56)49-34-45(26-27-51(49)68-56)67-44-25-19-37(2)38(3)32-44/h5-7,12-13,15-17,19-28,32-34,41,47,52,54-55,60-61H,1,8-11,14,18,29-31,35-36H2,2-4H3. The molecule has 12 heteroatoms. The first kappa shape index (κ1) is 47.9. The first-order valence-corrected chi connectivity index (χ1v) is 23.7. The van der Waals surface area contributed by atoms with Crippen molar-refractivity contribution in [2.24, 2.45) is 22.9 Å². The van der Waals surface area contributed by atoms with Crippen molar-refractivity contribution < 1.29 is 39.0 Å². The predicted molar refractivity (Wildman–Crippen MR) is 265 cm³/mol. The Labute approximate surface area is 398 Å². The maximum atomic E-state index is 15.3. The van der Waals surface area contributed by atoms with Gasteiger partial charge < -0.3 is 34.2 Å².